The van der Waals surface area contributed by atoms with Crippen LogP contribution in [0.3, 0.4) is 0 Å². The van der Waals surface area contributed by atoms with Crippen molar-refractivity contribution in [2.45, 2.75) is 63.8 Å². The second-order valence-electron chi connectivity index (χ2n) is 12.8. The Labute approximate surface area is 304 Å². The van der Waals surface area contributed by atoms with Crippen LogP contribution in [0.15, 0.2) is 95.7 Å². The van der Waals surface area contributed by atoms with Gasteiger partial charge in [0, 0.05) is 45.6 Å². The van der Waals surface area contributed by atoms with E-state index in [0.29, 0.717) is 12.8 Å². The molecule has 4 rings (SSSR count). The van der Waals surface area contributed by atoms with Gasteiger partial charge in [0.05, 0.1) is 14.2 Å². The monoisotopic (exact) mass is 718 g/mol. The summed E-state index contributed by atoms with van der Waals surface area (Å²) in [4.78, 5) is 28.7. The zero-order valence-electron chi connectivity index (χ0n) is 30.2. The van der Waals surface area contributed by atoms with Crippen molar-refractivity contribution < 1.29 is 28.5 Å². The molecule has 4 unspecified atom stereocenters. The van der Waals surface area contributed by atoms with Gasteiger partial charge in [-0.2, -0.15) is 0 Å². The van der Waals surface area contributed by atoms with Crippen LogP contribution in [-0.2, 0) is 29.9 Å². The highest BCUT2D eigenvalue weighted by Crippen LogP contribution is 2.47. The number of carbonyl (C=O) groups is 2. The number of ether oxygens (including phenoxy) is 4. The molecule has 2 N–H and O–H groups in total. The number of benzene rings is 2. The van der Waals surface area contributed by atoms with E-state index in [4.69, 9.17) is 18.9 Å². The van der Waals surface area contributed by atoms with Crippen molar-refractivity contribution in [1.29, 1.82) is 0 Å². The lowest BCUT2D eigenvalue weighted by Crippen LogP contribution is -2.43. The fraction of sp³-hybridized carbons (Fsp3) is 0.400. The molecule has 0 saturated heterocycles. The first kappa shape index (κ1) is 38.8. The molecule has 4 atom stereocenters. The Hall–Kier alpha value is -3.96. The van der Waals surface area contributed by atoms with Gasteiger partial charge in [0.2, 0.25) is 0 Å². The predicted octanol–water partition coefficient (Wildman–Crippen LogP) is 7.93. The molecule has 0 aliphatic carbocycles. The van der Waals surface area contributed by atoms with Gasteiger partial charge in [0.1, 0.15) is 11.5 Å². The molecule has 0 saturated carbocycles. The molecule has 8 nitrogen and oxygen atoms in total. The highest BCUT2D eigenvalue weighted by atomic mass is 32.1. The molecule has 2 aromatic carbocycles. The van der Waals surface area contributed by atoms with E-state index in [-0.39, 0.29) is 11.8 Å². The van der Waals surface area contributed by atoms with E-state index in [1.807, 2.05) is 48.5 Å². The quantitative estimate of drug-likeness (QED) is 0.0609. The SMILES string of the molecule is CNC(CC(c1cccc(OC)c1)(c1cccs1)C(C)C)OC(=O)/C=C/C(=O)OC(CC(c1cccc(OC)c1)(c1cccs1)C(C)C)NC. The summed E-state index contributed by atoms with van der Waals surface area (Å²) in [6, 6.07) is 24.4. The number of thiophene rings is 2. The molecule has 50 heavy (non-hydrogen) atoms. The van der Waals surface area contributed by atoms with Gasteiger partial charge in [0.25, 0.3) is 0 Å². The first-order valence-corrected chi connectivity index (χ1v) is 18.6. The first-order valence-electron chi connectivity index (χ1n) is 16.8. The Balaban J connectivity index is 1.51. The molecule has 0 fully saturated rings. The van der Waals surface area contributed by atoms with Crippen molar-refractivity contribution in [3.63, 3.8) is 0 Å². The third-order valence-corrected chi connectivity index (χ3v) is 11.7. The summed E-state index contributed by atoms with van der Waals surface area (Å²) in [6.07, 6.45) is 1.89. The number of hydrogen-bond acceptors (Lipinski definition) is 10. The minimum absolute atomic E-state index is 0.149. The maximum absolute atomic E-state index is 13.2. The minimum Gasteiger partial charge on any atom is -0.497 e. The molecule has 2 aromatic heterocycles. The van der Waals surface area contributed by atoms with Crippen molar-refractivity contribution >= 4 is 34.6 Å². The standard InChI is InChI=1S/C40H50N2O6S2/c1-27(2)39(33-17-11-21-49-33,29-13-9-15-31(23-29)45-7)25-35(41-5)47-37(43)19-20-38(44)48-36(42-6)26-40(28(3)4,34-18-12-22-50-34)30-14-10-16-32(24-30)46-8/h9-24,27-28,35-36,41-42H,25-26H2,1-8H3/b20-19+. The van der Waals surface area contributed by atoms with E-state index in [1.165, 1.54) is 0 Å². The molecule has 0 amide bonds. The van der Waals surface area contributed by atoms with E-state index in [1.54, 1.807) is 51.0 Å². The third kappa shape index (κ3) is 8.66. The summed E-state index contributed by atoms with van der Waals surface area (Å²) in [7, 11) is 6.83. The Bertz CT molecular complexity index is 1560. The lowest BCUT2D eigenvalue weighted by atomic mass is 9.67. The van der Waals surface area contributed by atoms with E-state index in [9.17, 15) is 9.59 Å². The summed E-state index contributed by atoms with van der Waals surface area (Å²) in [5.41, 5.74) is 1.18. The maximum Gasteiger partial charge on any atom is 0.332 e. The minimum atomic E-state index is -0.650. The van der Waals surface area contributed by atoms with E-state index >= 15 is 0 Å². The zero-order chi connectivity index (χ0) is 36.3. The number of methoxy groups -OCH3 is 2. The van der Waals surface area contributed by atoms with Crippen molar-refractivity contribution in [2.24, 2.45) is 11.8 Å². The summed E-state index contributed by atoms with van der Waals surface area (Å²) in [5.74, 6) is 0.513. The average molecular weight is 719 g/mol. The van der Waals surface area contributed by atoms with Crippen LogP contribution in [-0.4, -0.2) is 52.7 Å². The Kier molecular flexibility index (Phi) is 13.8. The summed E-state index contributed by atoms with van der Waals surface area (Å²) in [5, 5.41) is 10.5. The van der Waals surface area contributed by atoms with Crippen LogP contribution in [0.1, 0.15) is 61.4 Å². The number of rotatable bonds is 18. The summed E-state index contributed by atoms with van der Waals surface area (Å²) in [6.45, 7) is 8.68. The van der Waals surface area contributed by atoms with Crippen molar-refractivity contribution in [3.8, 4) is 11.5 Å². The molecular weight excluding hydrogens is 669 g/mol. The molecule has 0 radical (unpaired) electrons. The van der Waals surface area contributed by atoms with Crippen molar-refractivity contribution in [1.82, 2.24) is 10.6 Å². The molecule has 0 spiro atoms. The fourth-order valence-corrected chi connectivity index (χ4v) is 9.00. The normalized spacial score (nSPS) is 15.3. The number of esters is 2. The Morgan fingerprint density at radius 3 is 1.36 bits per heavy atom. The van der Waals surface area contributed by atoms with Gasteiger partial charge < -0.3 is 18.9 Å². The number of carbonyl (C=O) groups excluding carboxylic acids is 2. The van der Waals surface area contributed by atoms with Crippen LogP contribution < -0.4 is 20.1 Å². The zero-order valence-corrected chi connectivity index (χ0v) is 31.9. The van der Waals surface area contributed by atoms with Crippen molar-refractivity contribution in [3.05, 3.63) is 117 Å². The third-order valence-electron chi connectivity index (χ3n) is 9.59. The topological polar surface area (TPSA) is 95.1 Å². The largest absolute Gasteiger partial charge is 0.497 e. The van der Waals surface area contributed by atoms with E-state index < -0.39 is 35.2 Å². The van der Waals surface area contributed by atoms with Gasteiger partial charge in [-0.25, -0.2) is 9.59 Å². The number of hydrogen-bond donors (Lipinski definition) is 2. The van der Waals surface area contributed by atoms with Gasteiger partial charge in [-0.1, -0.05) is 64.1 Å². The van der Waals surface area contributed by atoms with Crippen LogP contribution in [0.25, 0.3) is 0 Å². The van der Waals surface area contributed by atoms with Crippen LogP contribution in [0.5, 0.6) is 11.5 Å². The highest BCUT2D eigenvalue weighted by molar-refractivity contribution is 7.10. The van der Waals surface area contributed by atoms with Crippen LogP contribution in [0.2, 0.25) is 0 Å². The molecular formula is C40H50N2O6S2. The smallest absolute Gasteiger partial charge is 0.332 e. The van der Waals surface area contributed by atoms with Crippen LogP contribution in [0.4, 0.5) is 0 Å². The molecule has 10 heteroatoms. The predicted molar refractivity (Wildman–Crippen MR) is 202 cm³/mol. The molecule has 0 aliphatic heterocycles. The Morgan fingerprint density at radius 2 is 1.06 bits per heavy atom. The van der Waals surface area contributed by atoms with Crippen LogP contribution >= 0.6 is 22.7 Å². The second kappa shape index (κ2) is 17.8. The van der Waals surface area contributed by atoms with Gasteiger partial charge in [-0.05, 0) is 84.2 Å². The second-order valence-corrected chi connectivity index (χ2v) is 14.7. The molecule has 4 aromatic rings. The highest BCUT2D eigenvalue weighted by Gasteiger charge is 2.43. The van der Waals surface area contributed by atoms with E-state index in [2.05, 4.69) is 73.4 Å². The lowest BCUT2D eigenvalue weighted by molar-refractivity contribution is -0.148. The van der Waals surface area contributed by atoms with Crippen molar-refractivity contribution in [2.75, 3.05) is 28.3 Å². The summed E-state index contributed by atoms with van der Waals surface area (Å²) >= 11 is 3.34. The Morgan fingerprint density at radius 1 is 0.660 bits per heavy atom. The molecule has 0 bridgehead atoms. The average Bonchev–Trinajstić information content (AvgIpc) is 3.87. The van der Waals surface area contributed by atoms with Gasteiger partial charge in [-0.3, -0.25) is 10.6 Å². The molecule has 268 valence electrons. The maximum atomic E-state index is 13.2. The lowest BCUT2D eigenvalue weighted by Gasteiger charge is -2.40. The first-order chi connectivity index (χ1) is 24.0. The number of nitrogens with one attached hydrogen (secondary N) is 2. The van der Waals surface area contributed by atoms with Gasteiger partial charge in [0.15, 0.2) is 12.5 Å². The fourth-order valence-electron chi connectivity index (χ4n) is 6.78. The molecule has 0 aliphatic rings. The van der Waals surface area contributed by atoms with Crippen LogP contribution in [0, 0.1) is 11.8 Å². The van der Waals surface area contributed by atoms with Gasteiger partial charge >= 0.3 is 11.9 Å². The molecule has 2 heterocycles. The summed E-state index contributed by atoms with van der Waals surface area (Å²) < 4.78 is 22.9. The van der Waals surface area contributed by atoms with Gasteiger partial charge in [-0.15, -0.1) is 22.7 Å². The van der Waals surface area contributed by atoms with E-state index in [0.717, 1.165) is 44.5 Å².